The number of benzene rings is 2. The predicted octanol–water partition coefficient (Wildman–Crippen LogP) is 3.90. The molecule has 1 N–H and O–H groups in total. The summed E-state index contributed by atoms with van der Waals surface area (Å²) in [5.41, 5.74) is -0.580. The maximum Gasteiger partial charge on any atom is 0.416 e. The van der Waals surface area contributed by atoms with Crippen molar-refractivity contribution in [2.24, 2.45) is 0 Å². The van der Waals surface area contributed by atoms with Gasteiger partial charge in [-0.15, -0.1) is 0 Å². The fraction of sp³-hybridized carbons (Fsp3) is 0.368. The molecule has 2 atom stereocenters. The molecule has 3 rings (SSSR count). The van der Waals surface area contributed by atoms with Gasteiger partial charge in [0.25, 0.3) is 0 Å². The number of rotatable bonds is 5. The Hall–Kier alpha value is -2.23. The number of hydrogen-bond acceptors (Lipinski definition) is 4. The fourth-order valence-corrected chi connectivity index (χ4v) is 2.96. The summed E-state index contributed by atoms with van der Waals surface area (Å²) in [6.45, 7) is 0.325. The third kappa shape index (κ3) is 4.98. The zero-order valence-electron chi connectivity index (χ0n) is 14.6. The minimum absolute atomic E-state index is 0.141. The summed E-state index contributed by atoms with van der Waals surface area (Å²) in [6, 6.07) is 7.80. The molecule has 28 heavy (non-hydrogen) atoms. The average Bonchev–Trinajstić information content (AvgIpc) is 2.65. The van der Waals surface area contributed by atoms with E-state index >= 15 is 0 Å². The van der Waals surface area contributed by atoms with Crippen molar-refractivity contribution >= 4 is 5.69 Å². The van der Waals surface area contributed by atoms with E-state index in [1.807, 2.05) is 4.90 Å². The summed E-state index contributed by atoms with van der Waals surface area (Å²) in [5, 5.41) is 9.57. The Morgan fingerprint density at radius 2 is 1.82 bits per heavy atom. The van der Waals surface area contributed by atoms with Crippen molar-refractivity contribution in [3.05, 3.63) is 65.2 Å². The lowest BCUT2D eigenvalue weighted by molar-refractivity contribution is -0.183. The molecule has 2 aromatic rings. The largest absolute Gasteiger partial charge is 0.416 e. The van der Waals surface area contributed by atoms with E-state index in [-0.39, 0.29) is 24.5 Å². The van der Waals surface area contributed by atoms with Crippen LogP contribution >= 0.6 is 0 Å². The number of halogens is 5. The molecule has 0 unspecified atom stereocenters. The topological polar surface area (TPSA) is 41.9 Å². The number of nitrogens with zero attached hydrogens (tertiary/aromatic N) is 1. The van der Waals surface area contributed by atoms with Gasteiger partial charge < -0.3 is 19.5 Å². The van der Waals surface area contributed by atoms with Crippen LogP contribution in [-0.4, -0.2) is 37.7 Å². The number of aliphatic hydroxyl groups excluding tert-OH is 1. The summed E-state index contributed by atoms with van der Waals surface area (Å²) in [5.74, 6) is -1.46. The smallest absolute Gasteiger partial charge is 0.393 e. The Bertz CT molecular complexity index is 797. The maximum atomic E-state index is 13.6. The van der Waals surface area contributed by atoms with Crippen molar-refractivity contribution in [2.45, 2.75) is 18.6 Å². The third-order valence-corrected chi connectivity index (χ3v) is 4.33. The third-order valence-electron chi connectivity index (χ3n) is 4.33. The number of hydrogen-bond donors (Lipinski definition) is 1. The lowest BCUT2D eigenvalue weighted by atomic mass is 10.1. The first-order valence-electron chi connectivity index (χ1n) is 8.52. The van der Waals surface area contributed by atoms with Crippen LogP contribution in [0.5, 0.6) is 0 Å². The molecule has 0 spiro atoms. The second kappa shape index (κ2) is 8.42. The van der Waals surface area contributed by atoms with Crippen molar-refractivity contribution in [3.8, 4) is 0 Å². The fourth-order valence-electron chi connectivity index (χ4n) is 2.96. The van der Waals surface area contributed by atoms with E-state index in [0.717, 1.165) is 17.8 Å². The molecule has 1 heterocycles. The number of alkyl halides is 3. The van der Waals surface area contributed by atoms with E-state index in [0.29, 0.717) is 12.6 Å². The van der Waals surface area contributed by atoms with Gasteiger partial charge >= 0.3 is 6.18 Å². The number of morpholine rings is 1. The Balaban J connectivity index is 1.74. The standard InChI is InChI=1S/C19H18F5NO3/c20-14-1-3-16(4-2-14)25-5-6-27-18(10-25)28-17(11-26)12-7-13(19(22,23)24)9-15(21)8-12/h1-4,7-9,17-18,26H,5-6,10-11H2/t17-,18-/m1/s1. The quantitative estimate of drug-likeness (QED) is 0.770. The minimum atomic E-state index is -4.72. The summed E-state index contributed by atoms with van der Waals surface area (Å²) in [7, 11) is 0. The molecule has 0 aromatic heterocycles. The number of anilines is 1. The minimum Gasteiger partial charge on any atom is -0.393 e. The summed E-state index contributed by atoms with van der Waals surface area (Å²) in [6.07, 6.45) is -6.79. The van der Waals surface area contributed by atoms with E-state index in [9.17, 15) is 27.1 Å². The van der Waals surface area contributed by atoms with Crippen molar-refractivity contribution in [2.75, 3.05) is 31.2 Å². The predicted molar refractivity (Wildman–Crippen MR) is 90.7 cm³/mol. The molecule has 152 valence electrons. The lowest BCUT2D eigenvalue weighted by Crippen LogP contribution is -2.44. The van der Waals surface area contributed by atoms with E-state index in [4.69, 9.17) is 9.47 Å². The van der Waals surface area contributed by atoms with Crippen molar-refractivity contribution in [1.82, 2.24) is 0 Å². The van der Waals surface area contributed by atoms with E-state index in [2.05, 4.69) is 0 Å². The highest BCUT2D eigenvalue weighted by Crippen LogP contribution is 2.33. The molecule has 9 heteroatoms. The Morgan fingerprint density at radius 3 is 2.46 bits per heavy atom. The normalized spacial score (nSPS) is 18.9. The molecule has 1 aliphatic heterocycles. The van der Waals surface area contributed by atoms with Gasteiger partial charge in [-0.05, 0) is 48.0 Å². The molecule has 0 saturated carbocycles. The van der Waals surface area contributed by atoms with Crippen LogP contribution in [0.2, 0.25) is 0 Å². The Labute approximate surface area is 158 Å². The highest BCUT2D eigenvalue weighted by Gasteiger charge is 2.33. The van der Waals surface area contributed by atoms with E-state index in [1.54, 1.807) is 12.1 Å². The molecule has 0 amide bonds. The molecule has 0 bridgehead atoms. The summed E-state index contributed by atoms with van der Waals surface area (Å²) >= 11 is 0. The van der Waals surface area contributed by atoms with Crippen LogP contribution in [0, 0.1) is 11.6 Å². The van der Waals surface area contributed by atoms with Crippen LogP contribution in [0.15, 0.2) is 42.5 Å². The van der Waals surface area contributed by atoms with Crippen LogP contribution in [0.25, 0.3) is 0 Å². The van der Waals surface area contributed by atoms with Crippen LogP contribution < -0.4 is 4.90 Å². The lowest BCUT2D eigenvalue weighted by Gasteiger charge is -2.35. The second-order valence-electron chi connectivity index (χ2n) is 6.30. The molecule has 1 aliphatic rings. The first-order valence-corrected chi connectivity index (χ1v) is 8.52. The molecular weight excluding hydrogens is 385 g/mol. The molecule has 1 saturated heterocycles. The van der Waals surface area contributed by atoms with Crippen LogP contribution in [-0.2, 0) is 15.7 Å². The zero-order chi connectivity index (χ0) is 20.3. The first kappa shape index (κ1) is 20.5. The molecule has 4 nitrogen and oxygen atoms in total. The van der Waals surface area contributed by atoms with Gasteiger partial charge in [0.15, 0.2) is 6.29 Å². The van der Waals surface area contributed by atoms with Gasteiger partial charge in [0.05, 0.1) is 25.3 Å². The molecular formula is C19H18F5NO3. The zero-order valence-corrected chi connectivity index (χ0v) is 14.6. The van der Waals surface area contributed by atoms with Gasteiger partial charge in [0.2, 0.25) is 0 Å². The van der Waals surface area contributed by atoms with Gasteiger partial charge in [-0.3, -0.25) is 0 Å². The van der Waals surface area contributed by atoms with Gasteiger partial charge in [-0.25, -0.2) is 8.78 Å². The van der Waals surface area contributed by atoms with Crippen LogP contribution in [0.1, 0.15) is 17.2 Å². The Morgan fingerprint density at radius 1 is 1.11 bits per heavy atom. The summed E-state index contributed by atoms with van der Waals surface area (Å²) in [4.78, 5) is 1.86. The average molecular weight is 403 g/mol. The first-order chi connectivity index (χ1) is 13.3. The Kier molecular flexibility index (Phi) is 6.17. The van der Waals surface area contributed by atoms with Gasteiger partial charge in [0.1, 0.15) is 17.7 Å². The van der Waals surface area contributed by atoms with Crippen molar-refractivity contribution in [3.63, 3.8) is 0 Å². The SMILES string of the molecule is OC[C@@H](O[C@@H]1CN(c2ccc(F)cc2)CCO1)c1cc(F)cc(C(F)(F)F)c1. The molecule has 0 radical (unpaired) electrons. The molecule has 1 fully saturated rings. The highest BCUT2D eigenvalue weighted by atomic mass is 19.4. The van der Waals surface area contributed by atoms with Crippen molar-refractivity contribution < 1.29 is 36.5 Å². The highest BCUT2D eigenvalue weighted by molar-refractivity contribution is 5.46. The monoisotopic (exact) mass is 403 g/mol. The number of aliphatic hydroxyl groups is 1. The van der Waals surface area contributed by atoms with E-state index < -0.39 is 36.6 Å². The van der Waals surface area contributed by atoms with E-state index in [1.165, 1.54) is 12.1 Å². The second-order valence-corrected chi connectivity index (χ2v) is 6.30. The van der Waals surface area contributed by atoms with Gasteiger partial charge in [-0.1, -0.05) is 0 Å². The van der Waals surface area contributed by atoms with Crippen LogP contribution in [0.3, 0.4) is 0 Å². The molecule has 0 aliphatic carbocycles. The maximum absolute atomic E-state index is 13.6. The van der Waals surface area contributed by atoms with Gasteiger partial charge in [0, 0.05) is 12.2 Å². The van der Waals surface area contributed by atoms with Crippen LogP contribution in [0.4, 0.5) is 27.6 Å². The van der Waals surface area contributed by atoms with Gasteiger partial charge in [-0.2, -0.15) is 13.2 Å². The molecule has 2 aromatic carbocycles. The van der Waals surface area contributed by atoms with Crippen molar-refractivity contribution in [1.29, 1.82) is 0 Å². The summed E-state index contributed by atoms with van der Waals surface area (Å²) < 4.78 is 76.5. The number of ether oxygens (including phenoxy) is 2.